The van der Waals surface area contributed by atoms with E-state index in [1.807, 2.05) is 45.2 Å². The summed E-state index contributed by atoms with van der Waals surface area (Å²) in [5.41, 5.74) is 11.0. The number of nitrogens with one attached hydrogen (secondary N) is 1. The van der Waals surface area contributed by atoms with Crippen LogP contribution in [0.2, 0.25) is 0 Å². The van der Waals surface area contributed by atoms with Gasteiger partial charge in [0.25, 0.3) is 11.8 Å². The number of anilines is 1. The van der Waals surface area contributed by atoms with Crippen molar-refractivity contribution in [2.24, 2.45) is 11.5 Å². The van der Waals surface area contributed by atoms with Crippen molar-refractivity contribution < 1.29 is 34.8 Å². The number of hydrogen-bond donors (Lipinski definition) is 7. The smallest absolute Gasteiger partial charge is 0.256 e. The fourth-order valence-electron chi connectivity index (χ4n) is 2.39. The minimum atomic E-state index is -1.30. The lowest BCUT2D eigenvalue weighted by atomic mass is 10.1. The third kappa shape index (κ3) is 6.81. The normalized spacial score (nSPS) is 12.9. The van der Waals surface area contributed by atoms with E-state index in [2.05, 4.69) is 5.32 Å². The number of hydrogen-bond acceptors (Lipinski definition) is 8. The number of carbonyl (C=O) groups excluding carboxylic acids is 3. The molecule has 0 aromatic heterocycles. The van der Waals surface area contributed by atoms with Crippen molar-refractivity contribution >= 4 is 91.2 Å². The zero-order valence-electron chi connectivity index (χ0n) is 15.4. The molecule has 0 saturated carbocycles. The molecule has 30 heavy (non-hydrogen) atoms. The van der Waals surface area contributed by atoms with Crippen molar-refractivity contribution in [3.05, 3.63) is 21.8 Å². The van der Waals surface area contributed by atoms with E-state index >= 15 is 0 Å². The molecule has 0 heterocycles. The summed E-state index contributed by atoms with van der Waals surface area (Å²) in [6, 6.07) is 0. The van der Waals surface area contributed by atoms with Crippen LogP contribution >= 0.6 is 67.8 Å². The summed E-state index contributed by atoms with van der Waals surface area (Å²) in [6.45, 7) is -2.29. The average molecular weight is 762 g/mol. The van der Waals surface area contributed by atoms with Crippen LogP contribution in [0.4, 0.5) is 5.69 Å². The lowest BCUT2D eigenvalue weighted by Gasteiger charge is -2.28. The van der Waals surface area contributed by atoms with E-state index in [1.54, 1.807) is 22.6 Å². The Bertz CT molecular complexity index is 813. The maximum Gasteiger partial charge on any atom is 0.256 e. The van der Waals surface area contributed by atoms with Crippen LogP contribution in [0.25, 0.3) is 0 Å². The zero-order valence-corrected chi connectivity index (χ0v) is 21.9. The van der Waals surface area contributed by atoms with Crippen LogP contribution in [0.1, 0.15) is 20.7 Å². The molecule has 0 spiro atoms. The summed E-state index contributed by atoms with van der Waals surface area (Å²) in [7, 11) is 0. The lowest BCUT2D eigenvalue weighted by Crippen LogP contribution is -2.44. The van der Waals surface area contributed by atoms with Gasteiger partial charge in [-0.25, -0.2) is 0 Å². The van der Waals surface area contributed by atoms with Gasteiger partial charge in [-0.05, 0) is 67.8 Å². The first kappa shape index (κ1) is 27.7. The minimum absolute atomic E-state index is 0.00742. The number of nitrogens with two attached hydrogens (primary N) is 2. The van der Waals surface area contributed by atoms with E-state index in [4.69, 9.17) is 21.7 Å². The molecule has 2 unspecified atom stereocenters. The van der Waals surface area contributed by atoms with Crippen LogP contribution in [0.5, 0.6) is 0 Å². The molecule has 9 N–H and O–H groups in total. The molecule has 14 heteroatoms. The predicted octanol–water partition coefficient (Wildman–Crippen LogP) is -1.35. The van der Waals surface area contributed by atoms with E-state index in [0.717, 1.165) is 4.90 Å². The highest BCUT2D eigenvalue weighted by atomic mass is 127. The summed E-state index contributed by atoms with van der Waals surface area (Å²) in [6.07, 6.45) is -2.60. The summed E-state index contributed by atoms with van der Waals surface area (Å²) < 4.78 is 0.830. The van der Waals surface area contributed by atoms with Gasteiger partial charge in [-0.1, -0.05) is 0 Å². The SMILES string of the molecule is NCC(=O)Nc1c(I)c(C(N)=O)c(I)c(C(=O)N(CC(O)CO)CC(O)CO)c1I. The molecule has 1 aromatic rings. The molecule has 11 nitrogen and oxygen atoms in total. The van der Waals surface area contributed by atoms with Crippen LogP contribution in [0, 0.1) is 10.7 Å². The molecule has 1 rings (SSSR count). The highest BCUT2D eigenvalue weighted by Gasteiger charge is 2.31. The number of primary amides is 1. The molecule has 0 bridgehead atoms. The van der Waals surface area contributed by atoms with Gasteiger partial charge in [0.1, 0.15) is 0 Å². The molecule has 0 aliphatic rings. The van der Waals surface area contributed by atoms with E-state index in [0.29, 0.717) is 7.14 Å². The summed E-state index contributed by atoms with van der Waals surface area (Å²) >= 11 is 5.44. The summed E-state index contributed by atoms with van der Waals surface area (Å²) in [5, 5.41) is 40.4. The second-order valence-electron chi connectivity index (χ2n) is 6.07. The Hall–Kier alpha value is -0.380. The molecule has 0 saturated heterocycles. The van der Waals surface area contributed by atoms with E-state index in [9.17, 15) is 24.6 Å². The number of carbonyl (C=O) groups is 3. The van der Waals surface area contributed by atoms with E-state index in [-0.39, 0.29) is 40.0 Å². The maximum absolute atomic E-state index is 13.3. The van der Waals surface area contributed by atoms with Gasteiger partial charge >= 0.3 is 0 Å². The van der Waals surface area contributed by atoms with Crippen LogP contribution in [0.3, 0.4) is 0 Å². The molecule has 168 valence electrons. The Balaban J connectivity index is 3.66. The highest BCUT2D eigenvalue weighted by Crippen LogP contribution is 2.36. The van der Waals surface area contributed by atoms with Crippen molar-refractivity contribution in [2.45, 2.75) is 12.2 Å². The second-order valence-corrected chi connectivity index (χ2v) is 9.30. The van der Waals surface area contributed by atoms with Crippen LogP contribution in [0.15, 0.2) is 0 Å². The van der Waals surface area contributed by atoms with Crippen molar-refractivity contribution in [3.63, 3.8) is 0 Å². The fourth-order valence-corrected chi connectivity index (χ4v) is 6.82. The average Bonchev–Trinajstić information content (AvgIpc) is 2.69. The van der Waals surface area contributed by atoms with Crippen molar-refractivity contribution in [2.75, 3.05) is 38.2 Å². The molecule has 2 atom stereocenters. The standard InChI is InChI=1S/C16H21I3N4O7/c17-11-9(15(21)29)12(18)14(22-8(28)1-20)13(19)10(11)16(30)23(2-6(26)4-24)3-7(27)5-25/h6-7,24-27H,1-5,20H2,(H2,21,29)(H,22,28). The van der Waals surface area contributed by atoms with E-state index in [1.165, 1.54) is 0 Å². The Morgan fingerprint density at radius 2 is 1.40 bits per heavy atom. The van der Waals surface area contributed by atoms with Gasteiger partial charge < -0.3 is 42.1 Å². The van der Waals surface area contributed by atoms with Gasteiger partial charge in [-0.15, -0.1) is 0 Å². The number of aliphatic hydroxyl groups is 4. The topological polar surface area (TPSA) is 199 Å². The molecule has 3 amide bonds. The Kier molecular flexibility index (Phi) is 11.6. The molecule has 0 aliphatic heterocycles. The number of aliphatic hydroxyl groups excluding tert-OH is 4. The fraction of sp³-hybridized carbons (Fsp3) is 0.438. The molecular formula is C16H21I3N4O7. The first-order chi connectivity index (χ1) is 14.0. The molecule has 0 aliphatic carbocycles. The van der Waals surface area contributed by atoms with Crippen LogP contribution in [-0.4, -0.2) is 88.1 Å². The maximum atomic E-state index is 13.3. The highest BCUT2D eigenvalue weighted by molar-refractivity contribution is 14.1. The van der Waals surface area contributed by atoms with E-state index < -0.39 is 43.1 Å². The lowest BCUT2D eigenvalue weighted by molar-refractivity contribution is -0.114. The Morgan fingerprint density at radius 1 is 0.933 bits per heavy atom. The molecule has 1 aromatic carbocycles. The van der Waals surface area contributed by atoms with Gasteiger partial charge in [-0.2, -0.15) is 0 Å². The van der Waals surface area contributed by atoms with Gasteiger partial charge in [0.15, 0.2) is 0 Å². The first-order valence-corrected chi connectivity index (χ1v) is 11.6. The van der Waals surface area contributed by atoms with Gasteiger partial charge in [0.05, 0.1) is 55.9 Å². The van der Waals surface area contributed by atoms with Gasteiger partial charge in [-0.3, -0.25) is 14.4 Å². The van der Waals surface area contributed by atoms with Crippen molar-refractivity contribution in [1.29, 1.82) is 0 Å². The van der Waals surface area contributed by atoms with Crippen LogP contribution < -0.4 is 16.8 Å². The first-order valence-electron chi connectivity index (χ1n) is 8.37. The number of amides is 3. The minimum Gasteiger partial charge on any atom is -0.394 e. The zero-order chi connectivity index (χ0) is 23.2. The quantitative estimate of drug-likeness (QED) is 0.142. The van der Waals surface area contributed by atoms with Gasteiger partial charge in [0, 0.05) is 16.7 Å². The number of rotatable bonds is 10. The summed E-state index contributed by atoms with van der Waals surface area (Å²) in [5.74, 6) is -2.08. The van der Waals surface area contributed by atoms with Crippen molar-refractivity contribution in [1.82, 2.24) is 4.90 Å². The third-order valence-corrected chi connectivity index (χ3v) is 7.03. The molecule has 0 fully saturated rings. The predicted molar refractivity (Wildman–Crippen MR) is 133 cm³/mol. The monoisotopic (exact) mass is 762 g/mol. The molecule has 0 radical (unpaired) electrons. The number of nitrogens with zero attached hydrogens (tertiary/aromatic N) is 1. The Morgan fingerprint density at radius 3 is 1.80 bits per heavy atom. The van der Waals surface area contributed by atoms with Crippen molar-refractivity contribution in [3.8, 4) is 0 Å². The largest absolute Gasteiger partial charge is 0.394 e. The molecular weight excluding hydrogens is 741 g/mol. The Labute approximate surface area is 213 Å². The van der Waals surface area contributed by atoms with Gasteiger partial charge in [0.2, 0.25) is 5.91 Å². The number of halogens is 3. The third-order valence-electron chi connectivity index (χ3n) is 3.80. The number of benzene rings is 1. The second kappa shape index (κ2) is 12.6. The summed E-state index contributed by atoms with van der Waals surface area (Å²) in [4.78, 5) is 38.3. The van der Waals surface area contributed by atoms with Crippen LogP contribution in [-0.2, 0) is 4.79 Å².